The van der Waals surface area contributed by atoms with Gasteiger partial charge in [-0.25, -0.2) is 13.2 Å². The fraction of sp³-hybridized carbons (Fsp3) is 0.368. The van der Waals surface area contributed by atoms with Gasteiger partial charge in [0.25, 0.3) is 10.1 Å². The van der Waals surface area contributed by atoms with E-state index in [1.54, 1.807) is 6.07 Å². The van der Waals surface area contributed by atoms with Crippen LogP contribution in [0.5, 0.6) is 0 Å². The summed E-state index contributed by atoms with van der Waals surface area (Å²) in [7, 11) is -3.90. The Morgan fingerprint density at radius 3 is 2.46 bits per heavy atom. The van der Waals surface area contributed by atoms with Crippen molar-refractivity contribution in [1.82, 2.24) is 5.32 Å². The molecule has 1 N–H and O–H groups in total. The summed E-state index contributed by atoms with van der Waals surface area (Å²) in [6, 6.07) is 8.66. The lowest BCUT2D eigenvalue weighted by Gasteiger charge is -2.32. The minimum Gasteiger partial charge on any atom is -0.311 e. The summed E-state index contributed by atoms with van der Waals surface area (Å²) >= 11 is 0. The van der Waals surface area contributed by atoms with Crippen LogP contribution in [0.1, 0.15) is 29.9 Å². The van der Waals surface area contributed by atoms with Crippen LogP contribution in [-0.2, 0) is 14.3 Å². The predicted octanol–water partition coefficient (Wildman–Crippen LogP) is 3.75. The van der Waals surface area contributed by atoms with E-state index in [9.17, 15) is 21.6 Å². The molecule has 1 aliphatic rings. The molecule has 9 heteroatoms. The molecule has 3 rings (SSSR count). The molecule has 1 saturated heterocycles. The van der Waals surface area contributed by atoms with Crippen molar-refractivity contribution in [2.45, 2.75) is 30.9 Å². The summed E-state index contributed by atoms with van der Waals surface area (Å²) in [5.41, 5.74) is 0.227. The highest BCUT2D eigenvalue weighted by Crippen LogP contribution is 2.36. The number of benzene rings is 2. The van der Waals surface area contributed by atoms with Crippen LogP contribution in [0.25, 0.3) is 0 Å². The van der Waals surface area contributed by atoms with Crippen LogP contribution >= 0.6 is 12.4 Å². The highest BCUT2D eigenvalue weighted by atomic mass is 35.5. The molecule has 4 nitrogen and oxygen atoms in total. The zero-order valence-electron chi connectivity index (χ0n) is 15.1. The van der Waals surface area contributed by atoms with Crippen LogP contribution in [-0.4, -0.2) is 33.4 Å². The maximum Gasteiger partial charge on any atom is 0.264 e. The van der Waals surface area contributed by atoms with Crippen molar-refractivity contribution in [3.8, 4) is 0 Å². The minimum atomic E-state index is -3.90. The zero-order valence-corrected chi connectivity index (χ0v) is 16.7. The smallest absolute Gasteiger partial charge is 0.264 e. The van der Waals surface area contributed by atoms with E-state index < -0.39 is 45.6 Å². The topological polar surface area (TPSA) is 55.4 Å². The van der Waals surface area contributed by atoms with E-state index in [0.29, 0.717) is 18.5 Å². The first kappa shape index (κ1) is 22.7. The summed E-state index contributed by atoms with van der Waals surface area (Å²) < 4.78 is 71.5. The van der Waals surface area contributed by atoms with E-state index in [2.05, 4.69) is 5.32 Å². The average Bonchev–Trinajstić information content (AvgIpc) is 3.11. The molecule has 0 aliphatic carbocycles. The average molecular weight is 436 g/mol. The molecule has 3 atom stereocenters. The van der Waals surface area contributed by atoms with Crippen LogP contribution in [0, 0.1) is 17.5 Å². The van der Waals surface area contributed by atoms with Gasteiger partial charge in [0, 0.05) is 17.5 Å². The maximum atomic E-state index is 14.6. The van der Waals surface area contributed by atoms with E-state index >= 15 is 0 Å². The maximum absolute atomic E-state index is 14.6. The fourth-order valence-corrected chi connectivity index (χ4v) is 4.20. The van der Waals surface area contributed by atoms with Gasteiger partial charge in [0.2, 0.25) is 0 Å². The third kappa shape index (κ3) is 5.26. The summed E-state index contributed by atoms with van der Waals surface area (Å²) in [4.78, 5) is 0. The monoisotopic (exact) mass is 435 g/mol. The molecule has 0 saturated carbocycles. The molecule has 2 aromatic rings. The van der Waals surface area contributed by atoms with Crippen LogP contribution in [0.3, 0.4) is 0 Å². The number of hydrogen-bond acceptors (Lipinski definition) is 4. The molecule has 0 aromatic heterocycles. The van der Waals surface area contributed by atoms with Gasteiger partial charge in [-0.3, -0.25) is 4.18 Å². The van der Waals surface area contributed by atoms with Gasteiger partial charge >= 0.3 is 0 Å². The predicted molar refractivity (Wildman–Crippen MR) is 103 cm³/mol. The van der Waals surface area contributed by atoms with Crippen LogP contribution < -0.4 is 5.32 Å². The van der Waals surface area contributed by atoms with Crippen LogP contribution in [0.4, 0.5) is 13.2 Å². The Balaban J connectivity index is 0.00000280. The second-order valence-corrected chi connectivity index (χ2v) is 8.24. The first-order valence-electron chi connectivity index (χ1n) is 8.57. The van der Waals surface area contributed by atoms with Crippen molar-refractivity contribution in [3.63, 3.8) is 0 Å². The minimum absolute atomic E-state index is 0. The first-order valence-corrected chi connectivity index (χ1v) is 10.4. The molecule has 1 aliphatic heterocycles. The van der Waals surface area contributed by atoms with Crippen molar-refractivity contribution in [3.05, 3.63) is 71.0 Å². The number of hydrogen-bond donors (Lipinski definition) is 1. The standard InChI is InChI=1S/C19H20F3NO3S.ClH/c1-27(24,25)26-19(16-9-4-10-23-16)17(12-5-2-6-13(20)11-12)14-7-3-8-15(21)18(14)22;/h2-3,5-8,11,16-17,19,23H,4,9-10H2,1H3;1H. The summed E-state index contributed by atoms with van der Waals surface area (Å²) in [6.45, 7) is 0.649. The van der Waals surface area contributed by atoms with Gasteiger partial charge in [0.15, 0.2) is 11.6 Å². The Morgan fingerprint density at radius 1 is 1.14 bits per heavy atom. The lowest BCUT2D eigenvalue weighted by molar-refractivity contribution is 0.151. The second kappa shape index (κ2) is 9.26. The van der Waals surface area contributed by atoms with Crippen LogP contribution in [0.2, 0.25) is 0 Å². The quantitative estimate of drug-likeness (QED) is 0.702. The molecule has 1 heterocycles. The van der Waals surface area contributed by atoms with Gasteiger partial charge in [-0.2, -0.15) is 8.42 Å². The molecule has 28 heavy (non-hydrogen) atoms. The van der Waals surface area contributed by atoms with Gasteiger partial charge in [-0.1, -0.05) is 24.3 Å². The lowest BCUT2D eigenvalue weighted by Crippen LogP contribution is -2.42. The van der Waals surface area contributed by atoms with E-state index in [0.717, 1.165) is 18.7 Å². The molecule has 0 radical (unpaired) electrons. The second-order valence-electron chi connectivity index (χ2n) is 6.64. The number of nitrogens with one attached hydrogen (secondary N) is 1. The third-order valence-electron chi connectivity index (χ3n) is 4.63. The molecule has 0 spiro atoms. The SMILES string of the molecule is CS(=O)(=O)OC(C1CCCN1)C(c1cccc(F)c1)c1cccc(F)c1F.Cl. The number of halogens is 4. The van der Waals surface area contributed by atoms with E-state index in [1.165, 1.54) is 30.3 Å². The molecule has 3 unspecified atom stereocenters. The van der Waals surface area contributed by atoms with Crippen molar-refractivity contribution < 1.29 is 25.8 Å². The molecule has 0 bridgehead atoms. The first-order chi connectivity index (χ1) is 12.8. The Kier molecular flexibility index (Phi) is 7.50. The summed E-state index contributed by atoms with van der Waals surface area (Å²) in [6.07, 6.45) is 1.23. The molecular weight excluding hydrogens is 415 g/mol. The highest BCUT2D eigenvalue weighted by molar-refractivity contribution is 7.86. The van der Waals surface area contributed by atoms with Crippen LogP contribution in [0.15, 0.2) is 42.5 Å². The third-order valence-corrected chi connectivity index (χ3v) is 5.21. The van der Waals surface area contributed by atoms with Gasteiger partial charge < -0.3 is 5.32 Å². The Morgan fingerprint density at radius 2 is 1.86 bits per heavy atom. The van der Waals surface area contributed by atoms with Crippen molar-refractivity contribution in [2.24, 2.45) is 0 Å². The summed E-state index contributed by atoms with van der Waals surface area (Å²) in [5, 5.41) is 3.15. The van der Waals surface area contributed by atoms with Gasteiger partial charge in [0.1, 0.15) is 11.9 Å². The molecular formula is C19H21ClF3NO3S. The van der Waals surface area contributed by atoms with E-state index in [-0.39, 0.29) is 18.0 Å². The molecule has 0 amide bonds. The largest absolute Gasteiger partial charge is 0.311 e. The van der Waals surface area contributed by atoms with Gasteiger partial charge in [-0.15, -0.1) is 12.4 Å². The molecule has 1 fully saturated rings. The van der Waals surface area contributed by atoms with Gasteiger partial charge in [-0.05, 0) is 43.1 Å². The molecule has 154 valence electrons. The normalized spacial score (nSPS) is 19.1. The molecule has 2 aromatic carbocycles. The van der Waals surface area contributed by atoms with E-state index in [1.807, 2.05) is 0 Å². The number of rotatable bonds is 6. The van der Waals surface area contributed by atoms with E-state index in [4.69, 9.17) is 4.18 Å². The highest BCUT2D eigenvalue weighted by Gasteiger charge is 2.38. The van der Waals surface area contributed by atoms with Gasteiger partial charge in [0.05, 0.1) is 6.26 Å². The summed E-state index contributed by atoms with van der Waals surface area (Å²) in [5.74, 6) is -3.74. The zero-order chi connectivity index (χ0) is 19.6. The van der Waals surface area contributed by atoms with Crippen molar-refractivity contribution in [2.75, 3.05) is 12.8 Å². The Labute approximate surface area is 168 Å². The lowest BCUT2D eigenvalue weighted by atomic mass is 9.82. The Bertz CT molecular complexity index is 920. The van der Waals surface area contributed by atoms with Crippen molar-refractivity contribution >= 4 is 22.5 Å². The fourth-order valence-electron chi connectivity index (χ4n) is 3.56. The Hall–Kier alpha value is -1.61. The van der Waals surface area contributed by atoms with Crippen molar-refractivity contribution in [1.29, 1.82) is 0 Å².